The van der Waals surface area contributed by atoms with Crippen LogP contribution in [0.25, 0.3) is 0 Å². The zero-order chi connectivity index (χ0) is 15.0. The Morgan fingerprint density at radius 1 is 1.35 bits per heavy atom. The quantitative estimate of drug-likeness (QED) is 0.895. The predicted molar refractivity (Wildman–Crippen MR) is 85.6 cm³/mol. The Morgan fingerprint density at radius 2 is 2.00 bits per heavy atom. The van der Waals surface area contributed by atoms with Gasteiger partial charge in [0.1, 0.15) is 0 Å². The van der Waals surface area contributed by atoms with Crippen molar-refractivity contribution in [2.24, 2.45) is 5.41 Å². The summed E-state index contributed by atoms with van der Waals surface area (Å²) < 4.78 is 26.6. The molecule has 1 aliphatic carbocycles. The molecule has 1 aromatic rings. The van der Waals surface area contributed by atoms with Gasteiger partial charge in [0.05, 0.1) is 10.1 Å². The Morgan fingerprint density at radius 3 is 2.60 bits per heavy atom. The van der Waals surface area contributed by atoms with Gasteiger partial charge in [-0.15, -0.1) is 0 Å². The fraction of sp³-hybridized carbons (Fsp3) is 0.600. The summed E-state index contributed by atoms with van der Waals surface area (Å²) >= 11 is 3.37. The first-order valence-corrected chi connectivity index (χ1v) is 9.36. The number of hydrogen-bond acceptors (Lipinski definition) is 3. The zero-order valence-corrected chi connectivity index (χ0v) is 14.6. The van der Waals surface area contributed by atoms with Gasteiger partial charge in [-0.3, -0.25) is 0 Å². The lowest BCUT2D eigenvalue weighted by Crippen LogP contribution is -2.47. The standard InChI is InChI=1S/C15H22BrNO2S/c1-4-17-14-13(9-10-15(14,2)3)20(18,19)12-8-6-5-7-11(12)16/h5-8,13-14,17H,4,9-10H2,1-3H3. The predicted octanol–water partition coefficient (Wildman–Crippen LogP) is 3.39. The molecule has 1 aromatic carbocycles. The van der Waals surface area contributed by atoms with Crippen molar-refractivity contribution >= 4 is 25.8 Å². The van der Waals surface area contributed by atoms with Gasteiger partial charge in [0, 0.05) is 10.5 Å². The smallest absolute Gasteiger partial charge is 0.183 e. The molecule has 112 valence electrons. The molecule has 5 heteroatoms. The van der Waals surface area contributed by atoms with Gasteiger partial charge < -0.3 is 5.32 Å². The summed E-state index contributed by atoms with van der Waals surface area (Å²) in [6, 6.07) is 7.09. The lowest BCUT2D eigenvalue weighted by Gasteiger charge is -2.31. The van der Waals surface area contributed by atoms with Crippen molar-refractivity contribution in [3.8, 4) is 0 Å². The minimum atomic E-state index is -3.32. The lowest BCUT2D eigenvalue weighted by molar-refractivity contribution is 0.288. The highest BCUT2D eigenvalue weighted by Crippen LogP contribution is 2.43. The molecule has 2 atom stereocenters. The second-order valence-corrected chi connectivity index (χ2v) is 9.07. The molecule has 1 saturated carbocycles. The lowest BCUT2D eigenvalue weighted by atomic mass is 9.87. The van der Waals surface area contributed by atoms with Gasteiger partial charge >= 0.3 is 0 Å². The molecule has 0 aliphatic heterocycles. The summed E-state index contributed by atoms with van der Waals surface area (Å²) in [5.41, 5.74) is 0.00893. The van der Waals surface area contributed by atoms with Crippen molar-refractivity contribution in [2.75, 3.05) is 6.54 Å². The van der Waals surface area contributed by atoms with Gasteiger partial charge in [0.25, 0.3) is 0 Å². The van der Waals surface area contributed by atoms with Crippen molar-refractivity contribution in [3.63, 3.8) is 0 Å². The van der Waals surface area contributed by atoms with E-state index in [0.717, 1.165) is 13.0 Å². The van der Waals surface area contributed by atoms with Crippen LogP contribution in [0.5, 0.6) is 0 Å². The van der Waals surface area contributed by atoms with Crippen LogP contribution in [0.15, 0.2) is 33.6 Å². The number of halogens is 1. The maximum Gasteiger partial charge on any atom is 0.183 e. The number of sulfone groups is 1. The van der Waals surface area contributed by atoms with Crippen molar-refractivity contribution < 1.29 is 8.42 Å². The third-order valence-electron chi connectivity index (χ3n) is 4.25. The van der Waals surface area contributed by atoms with E-state index in [0.29, 0.717) is 15.8 Å². The van der Waals surface area contributed by atoms with E-state index in [1.54, 1.807) is 18.2 Å². The topological polar surface area (TPSA) is 46.2 Å². The number of nitrogens with one attached hydrogen (secondary N) is 1. The van der Waals surface area contributed by atoms with Gasteiger partial charge in [-0.1, -0.05) is 32.9 Å². The molecule has 2 unspecified atom stereocenters. The van der Waals surface area contributed by atoms with Gasteiger partial charge in [-0.25, -0.2) is 8.42 Å². The van der Waals surface area contributed by atoms with Crippen LogP contribution in [0.2, 0.25) is 0 Å². The van der Waals surface area contributed by atoms with E-state index in [-0.39, 0.29) is 16.7 Å². The molecule has 0 spiro atoms. The van der Waals surface area contributed by atoms with Gasteiger partial charge in [-0.05, 0) is 52.9 Å². The summed E-state index contributed by atoms with van der Waals surface area (Å²) in [6.07, 6.45) is 1.65. The Labute approximate surface area is 130 Å². The highest BCUT2D eigenvalue weighted by atomic mass is 79.9. The largest absolute Gasteiger partial charge is 0.312 e. The summed E-state index contributed by atoms with van der Waals surface area (Å²) in [5, 5.41) is 3.03. The van der Waals surface area contributed by atoms with E-state index in [4.69, 9.17) is 0 Å². The number of benzene rings is 1. The van der Waals surface area contributed by atoms with Crippen LogP contribution in [-0.4, -0.2) is 26.3 Å². The van der Waals surface area contributed by atoms with Crippen molar-refractivity contribution in [3.05, 3.63) is 28.7 Å². The van der Waals surface area contributed by atoms with Gasteiger partial charge in [0.15, 0.2) is 9.84 Å². The molecule has 3 nitrogen and oxygen atoms in total. The third-order valence-corrected chi connectivity index (χ3v) is 7.48. The molecular formula is C15H22BrNO2S. The molecular weight excluding hydrogens is 338 g/mol. The molecule has 0 heterocycles. The summed E-state index contributed by atoms with van der Waals surface area (Å²) in [4.78, 5) is 0.408. The van der Waals surface area contributed by atoms with Crippen LogP contribution in [0.3, 0.4) is 0 Å². The Kier molecular flexibility index (Phi) is 4.62. The highest BCUT2D eigenvalue weighted by Gasteiger charge is 2.48. The Balaban J connectivity index is 2.42. The molecule has 0 radical (unpaired) electrons. The highest BCUT2D eigenvalue weighted by molar-refractivity contribution is 9.10. The van der Waals surface area contributed by atoms with Crippen LogP contribution in [0.4, 0.5) is 0 Å². The second-order valence-electron chi connectivity index (χ2n) is 6.08. The maximum absolute atomic E-state index is 13.0. The van der Waals surface area contributed by atoms with Gasteiger partial charge in [0.2, 0.25) is 0 Å². The minimum Gasteiger partial charge on any atom is -0.312 e. The van der Waals surface area contributed by atoms with E-state index < -0.39 is 9.84 Å². The molecule has 20 heavy (non-hydrogen) atoms. The first-order valence-electron chi connectivity index (χ1n) is 7.02. The second kappa shape index (κ2) is 5.78. The van der Waals surface area contributed by atoms with Crippen LogP contribution in [0.1, 0.15) is 33.6 Å². The number of hydrogen-bond donors (Lipinski definition) is 1. The molecule has 0 amide bonds. The average Bonchev–Trinajstić information content (AvgIpc) is 2.67. The molecule has 0 aromatic heterocycles. The molecule has 1 aliphatic rings. The molecule has 0 bridgehead atoms. The van der Waals surface area contributed by atoms with Crippen LogP contribution >= 0.6 is 15.9 Å². The third kappa shape index (κ3) is 2.81. The van der Waals surface area contributed by atoms with Crippen LogP contribution in [-0.2, 0) is 9.84 Å². The zero-order valence-electron chi connectivity index (χ0n) is 12.2. The minimum absolute atomic E-state index is 0.00426. The Hall–Kier alpha value is -0.390. The van der Waals surface area contributed by atoms with E-state index in [9.17, 15) is 8.42 Å². The van der Waals surface area contributed by atoms with Crippen molar-refractivity contribution in [1.82, 2.24) is 5.32 Å². The number of rotatable bonds is 4. The van der Waals surface area contributed by atoms with Crippen LogP contribution < -0.4 is 5.32 Å². The monoisotopic (exact) mass is 359 g/mol. The maximum atomic E-state index is 13.0. The fourth-order valence-corrected chi connectivity index (χ4v) is 6.29. The van der Waals surface area contributed by atoms with E-state index in [1.165, 1.54) is 0 Å². The van der Waals surface area contributed by atoms with Crippen molar-refractivity contribution in [1.29, 1.82) is 0 Å². The molecule has 0 saturated heterocycles. The van der Waals surface area contributed by atoms with E-state index >= 15 is 0 Å². The summed E-state index contributed by atoms with van der Waals surface area (Å²) in [5.74, 6) is 0. The Bertz CT molecular complexity index is 583. The fourth-order valence-electron chi connectivity index (χ4n) is 3.14. The average molecular weight is 360 g/mol. The first kappa shape index (κ1) is 16.0. The SMILES string of the molecule is CCNC1C(S(=O)(=O)c2ccccc2Br)CCC1(C)C. The summed E-state index contributed by atoms with van der Waals surface area (Å²) in [6.45, 7) is 7.11. The van der Waals surface area contributed by atoms with Crippen LogP contribution in [0, 0.1) is 5.41 Å². The summed E-state index contributed by atoms with van der Waals surface area (Å²) in [7, 11) is -3.32. The molecule has 1 N–H and O–H groups in total. The van der Waals surface area contributed by atoms with E-state index in [1.807, 2.05) is 13.0 Å². The molecule has 1 fully saturated rings. The molecule has 2 rings (SSSR count). The normalized spacial score (nSPS) is 25.8. The van der Waals surface area contributed by atoms with Gasteiger partial charge in [-0.2, -0.15) is 0 Å². The van der Waals surface area contributed by atoms with E-state index in [2.05, 4.69) is 35.1 Å². The van der Waals surface area contributed by atoms with Crippen molar-refractivity contribution in [2.45, 2.75) is 49.8 Å². The first-order chi connectivity index (χ1) is 9.30.